The van der Waals surface area contributed by atoms with E-state index in [1.54, 1.807) is 0 Å². The van der Waals surface area contributed by atoms with Gasteiger partial charge >= 0.3 is 45.9 Å². The summed E-state index contributed by atoms with van der Waals surface area (Å²) in [5.41, 5.74) is 0. The average Bonchev–Trinajstić information content (AvgIpc) is 2.23. The first-order valence-corrected chi connectivity index (χ1v) is 5.95. The second-order valence-corrected chi connectivity index (χ2v) is 3.72. The lowest BCUT2D eigenvalue weighted by Crippen LogP contribution is -2.18. The summed E-state index contributed by atoms with van der Waals surface area (Å²) < 4.78 is 194. The van der Waals surface area contributed by atoms with Gasteiger partial charge in [0.1, 0.15) is 0 Å². The van der Waals surface area contributed by atoms with E-state index in [1.807, 2.05) is 0 Å². The summed E-state index contributed by atoms with van der Waals surface area (Å²) in [7, 11) is -6.14. The van der Waals surface area contributed by atoms with Gasteiger partial charge in [0.25, 0.3) is 0 Å². The third-order valence-electron chi connectivity index (χ3n) is 0.742. The second-order valence-electron chi connectivity index (χ2n) is 2.93. The lowest BCUT2D eigenvalue weighted by atomic mass is 10.7. The van der Waals surface area contributed by atoms with Crippen LogP contribution in [0.25, 0.3) is 0 Å². The highest BCUT2D eigenvalue weighted by Crippen LogP contribution is 2.50. The summed E-state index contributed by atoms with van der Waals surface area (Å²) in [5, 5.41) is 0. The van der Waals surface area contributed by atoms with Crippen molar-refractivity contribution >= 4 is 8.07 Å². The van der Waals surface area contributed by atoms with E-state index >= 15 is 0 Å². The molecule has 0 saturated heterocycles. The van der Waals surface area contributed by atoms with E-state index in [4.69, 9.17) is 4.57 Å². The largest absolute Gasteiger partial charge is 0.591 e. The number of halogens is 18. The van der Waals surface area contributed by atoms with Crippen LogP contribution in [0, 0.1) is 0 Å². The fourth-order valence-electron chi connectivity index (χ4n) is 0. The van der Waals surface area contributed by atoms with Crippen LogP contribution < -0.4 is 0 Å². The highest BCUT2D eigenvalue weighted by molar-refractivity contribution is 7.47. The predicted molar refractivity (Wildman–Crippen MR) is 47.1 cm³/mol. The van der Waals surface area contributed by atoms with Crippen molar-refractivity contribution in [1.29, 1.82) is 0 Å². The monoisotopic (exact) mass is 464 g/mol. The molecule has 20 heteroatoms. The molecule has 26 heavy (non-hydrogen) atoms. The van der Waals surface area contributed by atoms with E-state index in [1.165, 1.54) is 0 Å². The van der Waals surface area contributed by atoms with Crippen LogP contribution in [0.1, 0.15) is 0 Å². The van der Waals surface area contributed by atoms with Gasteiger partial charge in [0.2, 0.25) is 0 Å². The molecule has 0 fully saturated rings. The summed E-state index contributed by atoms with van der Waals surface area (Å²) in [5.74, 6) is 0. The lowest BCUT2D eigenvalue weighted by molar-refractivity contribution is -0.219. The Balaban J connectivity index is -0.000000125. The molecule has 0 rings (SSSR count). The Morgan fingerprint density at radius 3 is 0.500 bits per heavy atom. The van der Waals surface area contributed by atoms with Gasteiger partial charge in [-0.15, -0.1) is 12.6 Å². The molecule has 0 aliphatic heterocycles. The number of rotatable bonds is 0. The van der Waals surface area contributed by atoms with Crippen molar-refractivity contribution in [3.8, 4) is 0 Å². The second kappa shape index (κ2) is 12.4. The van der Waals surface area contributed by atoms with Crippen LogP contribution in [-0.2, 0) is 4.57 Å². The average molecular weight is 464 g/mol. The molecular weight excluding hydrogens is 461 g/mol. The molecule has 0 radical (unpaired) electrons. The Labute approximate surface area is 130 Å². The molecule has 0 saturated carbocycles. The van der Waals surface area contributed by atoms with Gasteiger partial charge in [0, 0.05) is 0 Å². The van der Waals surface area contributed by atoms with Crippen LogP contribution in [-0.4, -0.2) is 37.8 Å². The van der Waals surface area contributed by atoms with Crippen LogP contribution >= 0.6 is 8.07 Å². The summed E-state index contributed by atoms with van der Waals surface area (Å²) >= 11 is 0. The third kappa shape index (κ3) is 38.5. The van der Waals surface area contributed by atoms with Gasteiger partial charge in [-0.2, -0.15) is 39.5 Å². The normalized spacial score (nSPS) is 12.7. The smallest absolute Gasteiger partial charge is 0.215 e. The molecule has 0 unspecified atom stereocenters. The maximum absolute atomic E-state index is 10.4. The van der Waals surface area contributed by atoms with Crippen molar-refractivity contribution in [3.05, 3.63) is 0 Å². The zero-order valence-electron chi connectivity index (χ0n) is 10.9. The van der Waals surface area contributed by atoms with Crippen molar-refractivity contribution in [2.45, 2.75) is 37.8 Å². The quantitative estimate of drug-likeness (QED) is 0.269. The van der Waals surface area contributed by atoms with Gasteiger partial charge in [-0.1, -0.05) is 0 Å². The van der Waals surface area contributed by atoms with Crippen molar-refractivity contribution in [3.63, 3.8) is 0 Å². The molecule has 0 spiro atoms. The van der Waals surface area contributed by atoms with Crippen LogP contribution in [0.2, 0.25) is 0 Å². The first kappa shape index (κ1) is 32.6. The molecule has 0 aromatic rings. The molecule has 0 aromatic heterocycles. The molecular formula is C6H3F18OP. The van der Waals surface area contributed by atoms with E-state index < -0.39 is 45.9 Å². The van der Waals surface area contributed by atoms with Crippen molar-refractivity contribution in [1.82, 2.24) is 0 Å². The highest BCUT2D eigenvalue weighted by atomic mass is 31.3. The zero-order valence-corrected chi connectivity index (χ0v) is 11.8. The molecule has 1 nitrogen and oxygen atoms in total. The summed E-state index contributed by atoms with van der Waals surface area (Å²) in [6.45, 7) is 0. The summed E-state index contributed by atoms with van der Waals surface area (Å²) in [6, 6.07) is 0. The van der Waals surface area contributed by atoms with E-state index in [0.29, 0.717) is 0 Å². The summed E-state index contributed by atoms with van der Waals surface area (Å²) in [4.78, 5) is 0. The Bertz CT molecular complexity index is 320. The molecule has 0 heterocycles. The zero-order chi connectivity index (χ0) is 22.7. The van der Waals surface area contributed by atoms with E-state index in [9.17, 15) is 78.4 Å². The maximum atomic E-state index is 10.4. The molecule has 0 aromatic carbocycles. The molecule has 0 amide bonds. The van der Waals surface area contributed by atoms with Gasteiger partial charge in [-0.3, -0.25) is 0 Å². The standard InChI is InChI=1S/3C2HF5.F3OP/c3*3-1(4)2(5,6)7;1-5(2,3)4/h3*1H;. The molecule has 0 bridgehead atoms. The SMILES string of the molecule is FC(F)C(F)(F)F.FC(F)C(F)(F)F.FC(F)C(F)(F)F.O=P(F)(F)F. The van der Waals surface area contributed by atoms with Crippen LogP contribution in [0.5, 0.6) is 0 Å². The summed E-state index contributed by atoms with van der Waals surface area (Å²) in [6.07, 6.45) is -28.6. The van der Waals surface area contributed by atoms with Gasteiger partial charge in [0.05, 0.1) is 0 Å². The lowest BCUT2D eigenvalue weighted by Gasteiger charge is -2.00. The van der Waals surface area contributed by atoms with Crippen molar-refractivity contribution in [2.75, 3.05) is 0 Å². The Hall–Kier alpha value is -1.03. The van der Waals surface area contributed by atoms with Crippen LogP contribution in [0.4, 0.5) is 78.4 Å². The minimum absolute atomic E-state index is 4.20. The van der Waals surface area contributed by atoms with Gasteiger partial charge in [-0.25, -0.2) is 30.9 Å². The number of hydrogen-bond acceptors (Lipinski definition) is 1. The molecule has 0 atom stereocenters. The third-order valence-corrected chi connectivity index (χ3v) is 0.742. The fourth-order valence-corrected chi connectivity index (χ4v) is 0. The Morgan fingerprint density at radius 2 is 0.500 bits per heavy atom. The van der Waals surface area contributed by atoms with Crippen molar-refractivity contribution in [2.24, 2.45) is 0 Å². The highest BCUT2D eigenvalue weighted by Gasteiger charge is 2.41. The van der Waals surface area contributed by atoms with Crippen LogP contribution in [0.3, 0.4) is 0 Å². The van der Waals surface area contributed by atoms with Gasteiger partial charge in [-0.05, 0) is 0 Å². The van der Waals surface area contributed by atoms with E-state index in [2.05, 4.69) is 0 Å². The van der Waals surface area contributed by atoms with E-state index in [-0.39, 0.29) is 0 Å². The minimum Gasteiger partial charge on any atom is -0.215 e. The number of hydrogen-bond donors (Lipinski definition) is 0. The molecule has 0 aliphatic carbocycles. The predicted octanol–water partition coefficient (Wildman–Crippen LogP) is 7.44. The Kier molecular flexibility index (Phi) is 15.5. The minimum atomic E-state index is -6.14. The first-order valence-electron chi connectivity index (χ1n) is 4.57. The Morgan fingerprint density at radius 1 is 0.462 bits per heavy atom. The number of alkyl halides is 15. The first-order chi connectivity index (χ1) is 10.8. The van der Waals surface area contributed by atoms with Gasteiger partial charge in [0.15, 0.2) is 0 Å². The topological polar surface area (TPSA) is 17.1 Å². The van der Waals surface area contributed by atoms with E-state index in [0.717, 1.165) is 0 Å². The van der Waals surface area contributed by atoms with Gasteiger partial charge < -0.3 is 0 Å². The van der Waals surface area contributed by atoms with Crippen molar-refractivity contribution < 1.29 is 83.0 Å². The van der Waals surface area contributed by atoms with Crippen LogP contribution in [0.15, 0.2) is 0 Å². The molecule has 0 aliphatic rings. The molecule has 0 N–H and O–H groups in total. The fraction of sp³-hybridized carbons (Fsp3) is 1.00. The maximum Gasteiger partial charge on any atom is 0.591 e. The molecule has 164 valence electrons.